The number of carbonyl (C=O) groups is 2. The molecular weight excluding hydrogens is 2100 g/mol. The van der Waals surface area contributed by atoms with Gasteiger partial charge in [0.15, 0.2) is 0 Å². The van der Waals surface area contributed by atoms with E-state index in [9.17, 15) is 36.6 Å². The van der Waals surface area contributed by atoms with Gasteiger partial charge in [-0.1, -0.05) is 157 Å². The van der Waals surface area contributed by atoms with Crippen LogP contribution in [-0.2, 0) is 42.4 Å². The van der Waals surface area contributed by atoms with Crippen molar-refractivity contribution in [2.75, 3.05) is 149 Å². The molecule has 18 heterocycles. The Kier molecular flexibility index (Phi) is 70.3. The number of nitrogens with zero attached hydrogens (tertiary/aromatic N) is 5. The number of rotatable bonds is 5. The summed E-state index contributed by atoms with van der Waals surface area (Å²) in [5.41, 5.74) is 5.75. The maximum absolute atomic E-state index is 13.6. The molecule has 3 spiro atoms. The van der Waals surface area contributed by atoms with Crippen molar-refractivity contribution >= 4 is 197 Å². The smallest absolute Gasteiger partial charge is 1.00 e. The summed E-state index contributed by atoms with van der Waals surface area (Å²) < 4.78 is 82.3. The number of carboxylic acids is 1. The Labute approximate surface area is 896 Å². The number of piperidine rings is 15. The van der Waals surface area contributed by atoms with Crippen molar-refractivity contribution in [2.24, 2.45) is 29.6 Å². The number of aliphatic hydroxyl groups is 2. The Bertz CT molecular complexity index is 4120. The van der Waals surface area contributed by atoms with Crippen LogP contribution in [0.15, 0.2) is 194 Å². The third kappa shape index (κ3) is 38.2. The van der Waals surface area contributed by atoms with E-state index >= 15 is 0 Å². The molecule has 10 bridgehead atoms. The minimum absolute atomic E-state index is 0. The van der Waals surface area contributed by atoms with Gasteiger partial charge in [0.2, 0.25) is 0 Å². The number of aliphatic hydroxyl groups excluding tert-OH is 1. The fraction of sp³-hybridized carbons (Fsp3) is 0.490. The van der Waals surface area contributed by atoms with Gasteiger partial charge in [0, 0.05) is 143 Å². The Hall–Kier alpha value is -2.82. The van der Waals surface area contributed by atoms with E-state index in [-0.39, 0.29) is 156 Å². The largest absolute Gasteiger partial charge is 2.00 e. The van der Waals surface area contributed by atoms with Crippen LogP contribution < -0.4 is 31.2 Å². The standard InChI is InChI=1S/C14H18FNO.3C14H17NO.C7H6BrF.C7H5FO2.C7H7FO.C7H6F.C7H11NO.8CH3Cl.CH4.2BrH.2Mg.H2S.2H/c15-13-4-2-1-3-11(13)9-14(17)10-16-7-5-12(14)6-8-16;3*1-2-4-13-11(3-1)9-14(16-13)10-15-7-5-12(14)6-8-15;8-5-6-3-1-2-4-7(6)9;8-6-4-2-1-3-5(6)7(9)10;8-7-4-2-1-3-6(7)5-9;1-6-4-2-3-5-7(6)8;9-7-5-8-3-1-6(7)2-4-8;8*1-2;;;;;;;;/h1-4,12,17H,5-10H2;3*1-4,12H,5-10H2;1-4H,5H2;1-4H,(H,9,10);1-4,9H,5H2;2-5H,1H2;6H,1-5H2;8*1H3;1H4;2*1H;;;1H2;;/q;;;;;;;-1;;;;;;;;;;;;;2*+2;;2*-1/p-1/t;2*14-;;;;;;;;;;;;;;;;;;;;;;/m.10....................../s1. The number of ketones is 1. The van der Waals surface area contributed by atoms with Gasteiger partial charge in [0.05, 0.1) is 24.3 Å². The van der Waals surface area contributed by atoms with Crippen LogP contribution >= 0.6 is 139 Å². The number of fused-ring (bicyclic) bond motifs is 15. The SMILES string of the molecule is Br.C.CCl.CCl.CCl.CCl.CCl.CCl.CCl.CCl.Fc1ccccc1CBr.O=C(O)c1ccccc1F.O=C1CN2CCC1CC2.OC1(Cc2ccccc2F)CN2CCC1CC2.OCc1ccccc1F.S.[Br-].[CH2-]c1ccccc1F.[H-].[H-].[Mg+2].[Mg+2].c1ccc2c(c1)CC1(CN3CCC1CC3)O2.c1ccc2c(c1)C[C@@]1(CN3CCC1CC3)O2.c1ccc2c(c1)C[C@]1(CN3CCC1CC3)O2. The van der Waals surface area contributed by atoms with E-state index in [2.05, 4.69) is 213 Å². The zero-order chi connectivity index (χ0) is 92.8. The third-order valence-electron chi connectivity index (χ3n) is 24.8. The molecular formula is C100H137Br3Cl8F5Mg2N5O8S. The van der Waals surface area contributed by atoms with Crippen LogP contribution in [0.25, 0.3) is 0 Å². The van der Waals surface area contributed by atoms with Crippen molar-refractivity contribution in [2.45, 2.75) is 132 Å². The van der Waals surface area contributed by atoms with Gasteiger partial charge in [-0.2, -0.15) is 32.0 Å². The number of halogens is 16. The van der Waals surface area contributed by atoms with Gasteiger partial charge in [-0.3, -0.25) is 28.8 Å². The predicted octanol–water partition coefficient (Wildman–Crippen LogP) is 20.6. The van der Waals surface area contributed by atoms with Gasteiger partial charge in [-0.15, -0.1) is 116 Å². The molecule has 8 aromatic carbocycles. The van der Waals surface area contributed by atoms with Crippen molar-refractivity contribution in [3.8, 4) is 17.2 Å². The summed E-state index contributed by atoms with van der Waals surface area (Å²) in [7, 11) is 0. The second-order valence-corrected chi connectivity index (χ2v) is 32.4. The van der Waals surface area contributed by atoms with Crippen LogP contribution in [0.3, 0.4) is 0 Å². The number of para-hydroxylation sites is 3. The normalized spacial score (nSPS) is 24.9. The summed E-state index contributed by atoms with van der Waals surface area (Å²) in [6, 6.07) is 57.0. The van der Waals surface area contributed by atoms with E-state index in [1.54, 1.807) is 60.7 Å². The number of Topliss-reactive ketones (excluding diaryl/α,β-unsaturated/α-hetero) is 1. The van der Waals surface area contributed by atoms with Crippen LogP contribution in [-0.4, -0.2) is 269 Å². The minimum Gasteiger partial charge on any atom is -1.00 e. The van der Waals surface area contributed by atoms with Crippen molar-refractivity contribution in [1.82, 2.24) is 24.5 Å². The number of hydrogen-bond donors (Lipinski definition) is 3. The maximum atomic E-state index is 13.6. The number of hydrogen-bond acceptors (Lipinski definition) is 12. The molecule has 3 N–H and O–H groups in total. The molecule has 15 saturated heterocycles. The van der Waals surface area contributed by atoms with Crippen molar-refractivity contribution in [3.05, 3.63) is 275 Å². The average Bonchev–Trinajstić information content (AvgIpc) is 1.59. The van der Waals surface area contributed by atoms with Crippen LogP contribution in [0.5, 0.6) is 17.2 Å². The molecule has 15 fully saturated rings. The molecule has 0 aliphatic carbocycles. The van der Waals surface area contributed by atoms with Gasteiger partial charge in [0.25, 0.3) is 0 Å². The molecule has 2 unspecified atom stereocenters. The second-order valence-electron chi connectivity index (χ2n) is 31.8. The number of alkyl halides is 9. The number of carboxylic acid groups (broad SMARTS) is 1. The Balaban J connectivity index is -0.000000698. The molecule has 13 nitrogen and oxygen atoms in total. The van der Waals surface area contributed by atoms with E-state index in [0.29, 0.717) is 58.2 Å². The van der Waals surface area contributed by atoms with Crippen molar-refractivity contribution in [1.29, 1.82) is 0 Å². The van der Waals surface area contributed by atoms with E-state index in [1.807, 2.05) is 12.1 Å². The molecule has 0 saturated carbocycles. The van der Waals surface area contributed by atoms with Gasteiger partial charge in [0.1, 0.15) is 63.1 Å². The van der Waals surface area contributed by atoms with Crippen LogP contribution in [0.2, 0.25) is 0 Å². The van der Waals surface area contributed by atoms with Crippen LogP contribution in [0.4, 0.5) is 22.0 Å². The van der Waals surface area contributed by atoms with E-state index in [0.717, 1.165) is 138 Å². The molecule has 18 aliphatic heterocycles. The second kappa shape index (κ2) is 70.8. The summed E-state index contributed by atoms with van der Waals surface area (Å²) in [6.07, 6.45) is 27.9. The fourth-order valence-corrected chi connectivity index (χ4v) is 19.2. The number of benzene rings is 8. The van der Waals surface area contributed by atoms with Gasteiger partial charge in [-0.25, -0.2) is 22.4 Å². The number of aromatic carboxylic acids is 1. The molecule has 132 heavy (non-hydrogen) atoms. The van der Waals surface area contributed by atoms with Crippen molar-refractivity contribution < 1.29 is 80.9 Å². The van der Waals surface area contributed by atoms with E-state index in [1.165, 1.54) is 188 Å². The summed E-state index contributed by atoms with van der Waals surface area (Å²) in [5.74, 6) is 4.14. The Morgan fingerprint density at radius 2 is 0.697 bits per heavy atom. The van der Waals surface area contributed by atoms with Crippen LogP contribution in [0, 0.1) is 65.6 Å². The first kappa shape index (κ1) is 131. The van der Waals surface area contributed by atoms with Crippen LogP contribution in [0.1, 0.15) is 124 Å². The van der Waals surface area contributed by atoms with Gasteiger partial charge < -0.3 is 54.3 Å². The molecule has 0 amide bonds. The van der Waals surface area contributed by atoms with Gasteiger partial charge >= 0.3 is 52.1 Å². The first-order valence-corrected chi connectivity index (χ1v) is 49.6. The quantitative estimate of drug-likeness (QED) is 0.0653. The number of carbonyl (C=O) groups excluding carboxylic acids is 1. The Morgan fingerprint density at radius 1 is 0.417 bits per heavy atom. The summed E-state index contributed by atoms with van der Waals surface area (Å²) in [5, 5.41) is 28.1. The number of ether oxygens (including phenoxy) is 3. The zero-order valence-corrected chi connectivity index (χ0v) is 91.4. The van der Waals surface area contributed by atoms with E-state index in [4.69, 9.17) is 24.4 Å². The molecule has 0 radical (unpaired) electrons. The molecule has 732 valence electrons. The summed E-state index contributed by atoms with van der Waals surface area (Å²) in [4.78, 5) is 33.5. The molecule has 18 aliphatic rings. The zero-order valence-electron chi connectivity index (χ0n) is 78.6. The summed E-state index contributed by atoms with van der Waals surface area (Å²) in [6.45, 7) is 20.3. The fourth-order valence-electron chi connectivity index (χ4n) is 18.7. The maximum Gasteiger partial charge on any atom is 2.00 e. The molecule has 32 heteroatoms. The molecule has 8 aromatic rings. The average molecular weight is 2240 g/mol. The summed E-state index contributed by atoms with van der Waals surface area (Å²) >= 11 is 40.3. The first-order valence-electron chi connectivity index (χ1n) is 42.4. The predicted molar refractivity (Wildman–Crippen MR) is 557 cm³/mol. The molecule has 4 atom stereocenters. The topological polar surface area (TPSA) is 139 Å². The van der Waals surface area contributed by atoms with E-state index < -0.39 is 17.4 Å². The Morgan fingerprint density at radius 3 is 0.917 bits per heavy atom. The molecule has 26 rings (SSSR count). The molecule has 0 aromatic heterocycles. The third-order valence-corrected chi connectivity index (χ3v) is 25.4. The minimum atomic E-state index is -1.24. The van der Waals surface area contributed by atoms with Crippen molar-refractivity contribution in [3.63, 3.8) is 0 Å². The van der Waals surface area contributed by atoms with Gasteiger partial charge in [-0.05, 0) is 212 Å². The first-order chi connectivity index (χ1) is 61.3. The monoisotopic (exact) mass is 2230 g/mol.